The normalized spacial score (nSPS) is 18.6. The fourth-order valence-electron chi connectivity index (χ4n) is 3.43. The molecule has 2 fully saturated rings. The first-order valence-electron chi connectivity index (χ1n) is 10.3. The third kappa shape index (κ3) is 8.28. The van der Waals surface area contributed by atoms with Crippen molar-refractivity contribution in [3.05, 3.63) is 57.5 Å². The Hall–Kier alpha value is -1.08. The standard InChI is InChI=1S/C12H16BrNO.C11H14BrNO/c1-14-8-6-12(7-9-14)15-11-4-2-10(13)3-5-11;12-9-1-3-10(4-2-9)14-11-5-7-13-8-6-11/h2-5,12H,6-9H2,1H3;1-4,11,13H,5-8H2. The second-order valence-electron chi connectivity index (χ2n) is 7.60. The van der Waals surface area contributed by atoms with Gasteiger partial charge in [0.1, 0.15) is 23.7 Å². The van der Waals surface area contributed by atoms with Crippen LogP contribution in [0, 0.1) is 0 Å². The van der Waals surface area contributed by atoms with Gasteiger partial charge in [0.25, 0.3) is 0 Å². The largest absolute Gasteiger partial charge is 0.490 e. The summed E-state index contributed by atoms with van der Waals surface area (Å²) in [6, 6.07) is 16.1. The van der Waals surface area contributed by atoms with Crippen LogP contribution in [0.15, 0.2) is 57.5 Å². The number of rotatable bonds is 4. The Morgan fingerprint density at radius 3 is 1.59 bits per heavy atom. The molecule has 0 unspecified atom stereocenters. The van der Waals surface area contributed by atoms with E-state index in [-0.39, 0.29) is 0 Å². The zero-order valence-corrected chi connectivity index (χ0v) is 20.1. The lowest BCUT2D eigenvalue weighted by Gasteiger charge is -2.29. The van der Waals surface area contributed by atoms with E-state index in [0.717, 1.165) is 72.3 Å². The van der Waals surface area contributed by atoms with E-state index in [1.807, 2.05) is 48.5 Å². The minimum atomic E-state index is 0.387. The average Bonchev–Trinajstić information content (AvgIpc) is 2.74. The van der Waals surface area contributed by atoms with Crippen LogP contribution in [0.2, 0.25) is 0 Å². The number of benzene rings is 2. The van der Waals surface area contributed by atoms with Gasteiger partial charge >= 0.3 is 0 Å². The average molecular weight is 526 g/mol. The van der Waals surface area contributed by atoms with Gasteiger partial charge in [-0.2, -0.15) is 0 Å². The molecule has 0 saturated carbocycles. The highest BCUT2D eigenvalue weighted by atomic mass is 79.9. The van der Waals surface area contributed by atoms with E-state index in [2.05, 4.69) is 49.1 Å². The Morgan fingerprint density at radius 2 is 1.14 bits per heavy atom. The van der Waals surface area contributed by atoms with Crippen LogP contribution in [0.3, 0.4) is 0 Å². The summed E-state index contributed by atoms with van der Waals surface area (Å²) in [5.74, 6) is 1.95. The van der Waals surface area contributed by atoms with Gasteiger partial charge in [-0.1, -0.05) is 31.9 Å². The Bertz CT molecular complexity index is 711. The Balaban J connectivity index is 0.000000166. The molecule has 2 aliphatic heterocycles. The van der Waals surface area contributed by atoms with Gasteiger partial charge in [-0.3, -0.25) is 0 Å². The number of likely N-dealkylation sites (tertiary alicyclic amines) is 1. The molecule has 2 aliphatic rings. The van der Waals surface area contributed by atoms with E-state index in [0.29, 0.717) is 12.2 Å². The minimum Gasteiger partial charge on any atom is -0.490 e. The molecule has 1 N–H and O–H groups in total. The predicted octanol–water partition coefficient (Wildman–Crippen LogP) is 5.50. The molecule has 0 atom stereocenters. The molecular formula is C23H30Br2N2O2. The molecule has 2 heterocycles. The van der Waals surface area contributed by atoms with Gasteiger partial charge in [0, 0.05) is 22.0 Å². The molecule has 29 heavy (non-hydrogen) atoms. The van der Waals surface area contributed by atoms with E-state index in [1.54, 1.807) is 0 Å². The highest BCUT2D eigenvalue weighted by Gasteiger charge is 2.17. The summed E-state index contributed by atoms with van der Waals surface area (Å²) in [7, 11) is 2.16. The summed E-state index contributed by atoms with van der Waals surface area (Å²) < 4.78 is 13.9. The summed E-state index contributed by atoms with van der Waals surface area (Å²) in [5.41, 5.74) is 0. The first-order chi connectivity index (χ1) is 14.1. The highest BCUT2D eigenvalue weighted by Crippen LogP contribution is 2.21. The molecule has 0 bridgehead atoms. The SMILES string of the molecule is Brc1ccc(OC2CCNCC2)cc1.CN1CCC(Oc2ccc(Br)cc2)CC1. The van der Waals surface area contributed by atoms with E-state index in [9.17, 15) is 0 Å². The van der Waals surface area contributed by atoms with Crippen molar-refractivity contribution in [2.24, 2.45) is 0 Å². The van der Waals surface area contributed by atoms with Crippen LogP contribution in [0.4, 0.5) is 0 Å². The van der Waals surface area contributed by atoms with E-state index >= 15 is 0 Å². The molecule has 0 amide bonds. The van der Waals surface area contributed by atoms with Gasteiger partial charge in [0.15, 0.2) is 0 Å². The van der Waals surface area contributed by atoms with Crippen molar-refractivity contribution in [1.29, 1.82) is 0 Å². The van der Waals surface area contributed by atoms with Crippen LogP contribution < -0.4 is 14.8 Å². The van der Waals surface area contributed by atoms with Gasteiger partial charge in [-0.25, -0.2) is 0 Å². The third-order valence-corrected chi connectivity index (χ3v) is 6.24. The monoisotopic (exact) mass is 524 g/mol. The van der Waals surface area contributed by atoms with Gasteiger partial charge < -0.3 is 19.7 Å². The lowest BCUT2D eigenvalue weighted by atomic mass is 10.1. The maximum Gasteiger partial charge on any atom is 0.119 e. The number of ether oxygens (including phenoxy) is 2. The summed E-state index contributed by atoms with van der Waals surface area (Å²) in [4.78, 5) is 2.35. The summed E-state index contributed by atoms with van der Waals surface area (Å²) >= 11 is 6.82. The van der Waals surface area contributed by atoms with Crippen LogP contribution in [-0.4, -0.2) is 50.3 Å². The molecule has 4 rings (SSSR count). The molecular weight excluding hydrogens is 496 g/mol. The second kappa shape index (κ2) is 11.9. The van der Waals surface area contributed by atoms with Crippen molar-refractivity contribution in [1.82, 2.24) is 10.2 Å². The lowest BCUT2D eigenvalue weighted by molar-refractivity contribution is 0.114. The van der Waals surface area contributed by atoms with Gasteiger partial charge in [-0.15, -0.1) is 0 Å². The van der Waals surface area contributed by atoms with Crippen LogP contribution >= 0.6 is 31.9 Å². The van der Waals surface area contributed by atoms with Gasteiger partial charge in [0.2, 0.25) is 0 Å². The number of hydrogen-bond donors (Lipinski definition) is 1. The zero-order valence-electron chi connectivity index (χ0n) is 16.9. The van der Waals surface area contributed by atoms with Crippen molar-refractivity contribution in [2.45, 2.75) is 37.9 Å². The smallest absolute Gasteiger partial charge is 0.119 e. The molecule has 0 aliphatic carbocycles. The van der Waals surface area contributed by atoms with Crippen molar-refractivity contribution in [3.8, 4) is 11.5 Å². The molecule has 4 nitrogen and oxygen atoms in total. The second-order valence-corrected chi connectivity index (χ2v) is 9.43. The van der Waals surface area contributed by atoms with Crippen LogP contribution in [0.25, 0.3) is 0 Å². The third-order valence-electron chi connectivity index (χ3n) is 5.18. The van der Waals surface area contributed by atoms with Crippen molar-refractivity contribution in [3.63, 3.8) is 0 Å². The summed E-state index contributed by atoms with van der Waals surface area (Å²) in [6.45, 7) is 4.42. The fourth-order valence-corrected chi connectivity index (χ4v) is 3.96. The molecule has 6 heteroatoms. The first-order valence-corrected chi connectivity index (χ1v) is 11.9. The molecule has 2 saturated heterocycles. The lowest BCUT2D eigenvalue weighted by Crippen LogP contribution is -2.35. The number of nitrogens with one attached hydrogen (secondary N) is 1. The number of hydrogen-bond acceptors (Lipinski definition) is 4. The topological polar surface area (TPSA) is 33.7 Å². The van der Waals surface area contributed by atoms with E-state index in [1.165, 1.54) is 0 Å². The quantitative estimate of drug-likeness (QED) is 0.571. The molecule has 0 radical (unpaired) electrons. The van der Waals surface area contributed by atoms with Crippen LogP contribution in [0.5, 0.6) is 11.5 Å². The molecule has 2 aromatic rings. The van der Waals surface area contributed by atoms with E-state index in [4.69, 9.17) is 9.47 Å². The number of halogens is 2. The zero-order chi connectivity index (χ0) is 20.5. The molecule has 158 valence electrons. The highest BCUT2D eigenvalue weighted by molar-refractivity contribution is 9.10. The number of nitrogens with zero attached hydrogens (tertiary/aromatic N) is 1. The maximum atomic E-state index is 5.91. The number of piperidine rings is 2. The van der Waals surface area contributed by atoms with Gasteiger partial charge in [-0.05, 0) is 94.4 Å². The van der Waals surface area contributed by atoms with Crippen LogP contribution in [0.1, 0.15) is 25.7 Å². The summed E-state index contributed by atoms with van der Waals surface area (Å²) in [6.07, 6.45) is 5.26. The minimum absolute atomic E-state index is 0.387. The van der Waals surface area contributed by atoms with Crippen LogP contribution in [-0.2, 0) is 0 Å². The fraction of sp³-hybridized carbons (Fsp3) is 0.478. The Morgan fingerprint density at radius 1 is 0.724 bits per heavy atom. The Labute approximate surface area is 191 Å². The van der Waals surface area contributed by atoms with Crippen molar-refractivity contribution in [2.75, 3.05) is 33.2 Å². The summed E-state index contributed by atoms with van der Waals surface area (Å²) in [5, 5.41) is 3.32. The molecule has 0 aromatic heterocycles. The van der Waals surface area contributed by atoms with Gasteiger partial charge in [0.05, 0.1) is 0 Å². The Kier molecular flexibility index (Phi) is 9.31. The maximum absolute atomic E-state index is 5.91. The van der Waals surface area contributed by atoms with E-state index < -0.39 is 0 Å². The first kappa shape index (κ1) is 22.6. The van der Waals surface area contributed by atoms with Crippen molar-refractivity contribution >= 4 is 31.9 Å². The molecule has 0 spiro atoms. The predicted molar refractivity (Wildman–Crippen MR) is 126 cm³/mol. The molecule has 2 aromatic carbocycles. The van der Waals surface area contributed by atoms with Crippen molar-refractivity contribution < 1.29 is 9.47 Å².